The van der Waals surface area contributed by atoms with E-state index in [-0.39, 0.29) is 0 Å². The van der Waals surface area contributed by atoms with Crippen molar-refractivity contribution in [2.75, 3.05) is 14.2 Å². The van der Waals surface area contributed by atoms with E-state index in [0.717, 1.165) is 22.1 Å². The lowest BCUT2D eigenvalue weighted by Gasteiger charge is -2.17. The topological polar surface area (TPSA) is 18.5 Å². The third-order valence-electron chi connectivity index (χ3n) is 2.84. The molecule has 5 heteroatoms. The number of hydrogen-bond donors (Lipinski definition) is 1. The molecule has 0 amide bonds. The van der Waals surface area contributed by atoms with Crippen molar-refractivity contribution in [3.05, 3.63) is 48.5 Å². The van der Waals surface area contributed by atoms with Gasteiger partial charge >= 0.3 is 0 Å². The van der Waals surface area contributed by atoms with Crippen molar-refractivity contribution >= 4 is 39.9 Å². The highest BCUT2D eigenvalue weighted by Crippen LogP contribution is 2.48. The van der Waals surface area contributed by atoms with E-state index in [2.05, 4.69) is 0 Å². The largest absolute Gasteiger partial charge is 0.497 e. The summed E-state index contributed by atoms with van der Waals surface area (Å²) in [4.78, 5) is 0. The molecule has 0 aliphatic heterocycles. The van der Waals surface area contributed by atoms with E-state index in [1.54, 1.807) is 14.2 Å². The van der Waals surface area contributed by atoms with Crippen molar-refractivity contribution < 1.29 is 9.47 Å². The smallest absolute Gasteiger partial charge is 0.118 e. The molecule has 0 aromatic heterocycles. The van der Waals surface area contributed by atoms with Crippen molar-refractivity contribution in [2.45, 2.75) is 0 Å². The Morgan fingerprint density at radius 3 is 1.37 bits per heavy atom. The van der Waals surface area contributed by atoms with Crippen molar-refractivity contribution in [3.63, 3.8) is 0 Å². The van der Waals surface area contributed by atoms with Crippen molar-refractivity contribution in [1.29, 1.82) is 0 Å². The van der Waals surface area contributed by atoms with E-state index >= 15 is 0 Å². The zero-order chi connectivity index (χ0) is 13.9. The molecule has 0 unspecified atom stereocenters. The molecule has 100 valence electrons. The number of ether oxygens (including phenoxy) is 2. The predicted octanol–water partition coefficient (Wildman–Crippen LogP) is 2.98. The van der Waals surface area contributed by atoms with Crippen LogP contribution in [0.4, 0.5) is 0 Å². The number of rotatable bonds is 4. The Labute approximate surface area is 123 Å². The molecule has 0 atom stereocenters. The van der Waals surface area contributed by atoms with Crippen LogP contribution in [0.3, 0.4) is 0 Å². The lowest BCUT2D eigenvalue weighted by Crippen LogP contribution is -2.11. The van der Waals surface area contributed by atoms with E-state index in [4.69, 9.17) is 33.5 Å². The fourth-order valence-corrected chi connectivity index (χ4v) is 4.65. The third-order valence-corrected chi connectivity index (χ3v) is 7.49. The Kier molecular flexibility index (Phi) is 4.56. The summed E-state index contributed by atoms with van der Waals surface area (Å²) in [6.07, 6.45) is 0. The van der Waals surface area contributed by atoms with Crippen LogP contribution < -0.4 is 20.1 Å². The SMILES string of the molecule is COc1ccc(P(=S)(S)c2ccc(OC)cc2)cc1. The molecule has 0 saturated heterocycles. The maximum atomic E-state index is 5.73. The Morgan fingerprint density at radius 2 is 1.11 bits per heavy atom. The molecule has 0 spiro atoms. The maximum absolute atomic E-state index is 5.73. The zero-order valence-corrected chi connectivity index (χ0v) is 13.3. The minimum atomic E-state index is -2.04. The molecule has 0 aliphatic carbocycles. The molecule has 0 fully saturated rings. The van der Waals surface area contributed by atoms with Crippen molar-refractivity contribution in [2.24, 2.45) is 0 Å². The summed E-state index contributed by atoms with van der Waals surface area (Å²) < 4.78 is 10.3. The lowest BCUT2D eigenvalue weighted by atomic mass is 10.3. The summed E-state index contributed by atoms with van der Waals surface area (Å²) in [7, 11) is 3.30. The van der Waals surface area contributed by atoms with Gasteiger partial charge in [-0.2, -0.15) is 0 Å². The number of hydrogen-bond acceptors (Lipinski definition) is 3. The molecule has 0 saturated carbocycles. The van der Waals surface area contributed by atoms with Gasteiger partial charge in [-0.05, 0) is 59.1 Å². The summed E-state index contributed by atoms with van der Waals surface area (Å²) in [5.74, 6) is 1.64. The van der Waals surface area contributed by atoms with Gasteiger partial charge in [0.15, 0.2) is 0 Å². The Morgan fingerprint density at radius 1 is 0.789 bits per heavy atom. The van der Waals surface area contributed by atoms with Gasteiger partial charge < -0.3 is 9.47 Å². The summed E-state index contributed by atoms with van der Waals surface area (Å²) >= 11 is 10.5. The number of benzene rings is 2. The molecule has 0 N–H and O–H groups in total. The van der Waals surface area contributed by atoms with Gasteiger partial charge in [-0.25, -0.2) is 0 Å². The van der Waals surface area contributed by atoms with Crippen LogP contribution in [-0.2, 0) is 11.8 Å². The highest BCUT2D eigenvalue weighted by Gasteiger charge is 2.17. The van der Waals surface area contributed by atoms with Crippen LogP contribution in [-0.4, -0.2) is 14.2 Å². The van der Waals surface area contributed by atoms with E-state index in [0.29, 0.717) is 0 Å². The van der Waals surface area contributed by atoms with E-state index < -0.39 is 5.24 Å². The Bertz CT molecular complexity index is 542. The maximum Gasteiger partial charge on any atom is 0.118 e. The highest BCUT2D eigenvalue weighted by molar-refractivity contribution is 8.68. The van der Waals surface area contributed by atoms with E-state index in [1.807, 2.05) is 48.5 Å². The van der Waals surface area contributed by atoms with Crippen molar-refractivity contribution in [3.8, 4) is 11.5 Å². The van der Waals surface area contributed by atoms with Crippen LogP contribution in [0.15, 0.2) is 48.5 Å². The normalized spacial score (nSPS) is 11.1. The first-order valence-corrected chi connectivity index (χ1v) is 9.65. The highest BCUT2D eigenvalue weighted by atomic mass is 32.9. The molecule has 2 nitrogen and oxygen atoms in total. The first-order valence-electron chi connectivity index (χ1n) is 5.70. The van der Waals surface area contributed by atoms with Gasteiger partial charge in [0, 0.05) is 0 Å². The molecule has 0 bridgehead atoms. The Balaban J connectivity index is 2.36. The summed E-state index contributed by atoms with van der Waals surface area (Å²) in [5, 5.41) is 0.0639. The molecule has 2 aromatic carbocycles. The van der Waals surface area contributed by atoms with Gasteiger partial charge in [0.2, 0.25) is 0 Å². The monoisotopic (exact) mass is 310 g/mol. The Hall–Kier alpha value is -0.960. The van der Waals surface area contributed by atoms with E-state index in [1.165, 1.54) is 0 Å². The molecule has 0 aliphatic rings. The van der Waals surface area contributed by atoms with Gasteiger partial charge in [-0.1, -0.05) is 11.8 Å². The van der Waals surface area contributed by atoms with Gasteiger partial charge in [-0.15, -0.1) is 12.2 Å². The third kappa shape index (κ3) is 3.14. The molecule has 2 aromatic rings. The lowest BCUT2D eigenvalue weighted by molar-refractivity contribution is 0.415. The van der Waals surface area contributed by atoms with Gasteiger partial charge in [-0.3, -0.25) is 0 Å². The molecule has 0 radical (unpaired) electrons. The number of methoxy groups -OCH3 is 2. The summed E-state index contributed by atoms with van der Waals surface area (Å²) in [6.45, 7) is 0. The fraction of sp³-hybridized carbons (Fsp3) is 0.143. The van der Waals surface area contributed by atoms with Crippen LogP contribution >= 0.6 is 17.5 Å². The predicted molar refractivity (Wildman–Crippen MR) is 88.5 cm³/mol. The molecular weight excluding hydrogens is 295 g/mol. The van der Waals surface area contributed by atoms with Crippen LogP contribution in [0.1, 0.15) is 0 Å². The second-order valence-corrected chi connectivity index (χ2v) is 10.4. The van der Waals surface area contributed by atoms with Crippen LogP contribution in [0, 0.1) is 0 Å². The molecule has 2 rings (SSSR count). The van der Waals surface area contributed by atoms with Gasteiger partial charge in [0.25, 0.3) is 0 Å². The van der Waals surface area contributed by atoms with E-state index in [9.17, 15) is 0 Å². The van der Waals surface area contributed by atoms with Crippen LogP contribution in [0.25, 0.3) is 0 Å². The van der Waals surface area contributed by atoms with Gasteiger partial charge in [0.1, 0.15) is 11.5 Å². The fourth-order valence-electron chi connectivity index (χ4n) is 1.72. The standard InChI is InChI=1S/C14H15O2PS2/c1-15-11-3-7-13(8-4-11)17(18,19)14-9-5-12(16-2)6-10-14/h3-10H,1-2H3,(H,18,19). The minimum absolute atomic E-state index is 0.821. The average Bonchev–Trinajstić information content (AvgIpc) is 2.47. The minimum Gasteiger partial charge on any atom is -0.497 e. The van der Waals surface area contributed by atoms with Crippen LogP contribution in [0.5, 0.6) is 11.5 Å². The molecular formula is C14H15O2PS2. The molecule has 0 heterocycles. The first-order chi connectivity index (χ1) is 9.07. The summed E-state index contributed by atoms with van der Waals surface area (Å²) in [5.41, 5.74) is 0. The van der Waals surface area contributed by atoms with Crippen LogP contribution in [0.2, 0.25) is 0 Å². The summed E-state index contributed by atoms with van der Waals surface area (Å²) in [6, 6.07) is 15.6. The second kappa shape index (κ2) is 6.00. The first kappa shape index (κ1) is 14.4. The second-order valence-electron chi connectivity index (χ2n) is 3.97. The average molecular weight is 310 g/mol. The van der Waals surface area contributed by atoms with Gasteiger partial charge in [0.05, 0.1) is 19.5 Å². The zero-order valence-electron chi connectivity index (χ0n) is 10.7. The van der Waals surface area contributed by atoms with Crippen molar-refractivity contribution in [1.82, 2.24) is 0 Å². The quantitative estimate of drug-likeness (QED) is 0.692. The molecule has 19 heavy (non-hydrogen) atoms. The number of thiol groups is 1.